The van der Waals surface area contributed by atoms with Crippen LogP contribution in [0.1, 0.15) is 24.0 Å². The summed E-state index contributed by atoms with van der Waals surface area (Å²) in [5, 5.41) is 9.66. The molecule has 232 valence electrons. The first-order valence-electron chi connectivity index (χ1n) is 15.0. The molecule has 9 nitrogen and oxygen atoms in total. The number of urea groups is 1. The van der Waals surface area contributed by atoms with Crippen molar-refractivity contribution in [2.75, 3.05) is 28.2 Å². The van der Waals surface area contributed by atoms with Gasteiger partial charge in [0.1, 0.15) is 0 Å². The van der Waals surface area contributed by atoms with Gasteiger partial charge in [-0.25, -0.2) is 4.79 Å². The second-order valence-electron chi connectivity index (χ2n) is 10.9. The van der Waals surface area contributed by atoms with Gasteiger partial charge in [-0.2, -0.15) is 0 Å². The van der Waals surface area contributed by atoms with Crippen LogP contribution in [0, 0.1) is 0 Å². The molecule has 4 aromatic rings. The summed E-state index contributed by atoms with van der Waals surface area (Å²) in [6, 6.07) is 33.5. The molecule has 2 unspecified atom stereocenters. The van der Waals surface area contributed by atoms with E-state index in [0.29, 0.717) is 30.3 Å². The number of rotatable bonds is 8. The quantitative estimate of drug-likeness (QED) is 0.212. The van der Waals surface area contributed by atoms with Crippen molar-refractivity contribution in [1.82, 2.24) is 10.6 Å². The van der Waals surface area contributed by atoms with Crippen LogP contribution in [0.2, 0.25) is 5.02 Å². The smallest absolute Gasteiger partial charge is 0.319 e. The Labute approximate surface area is 268 Å². The van der Waals surface area contributed by atoms with Crippen LogP contribution in [0.4, 0.5) is 21.9 Å². The maximum Gasteiger partial charge on any atom is 0.319 e. The van der Waals surface area contributed by atoms with Crippen molar-refractivity contribution in [1.29, 1.82) is 0 Å². The normalized spacial score (nSPS) is 17.6. The number of anilines is 3. The molecular weight excluding hydrogens is 588 g/mol. The molecule has 10 heteroatoms. The second-order valence-corrected chi connectivity index (χ2v) is 11.3. The molecule has 0 radical (unpaired) electrons. The van der Waals surface area contributed by atoms with Crippen molar-refractivity contribution in [2.24, 2.45) is 5.73 Å². The molecule has 0 aliphatic carbocycles. The molecule has 0 bridgehead atoms. The van der Waals surface area contributed by atoms with Crippen molar-refractivity contribution in [3.63, 3.8) is 0 Å². The predicted octanol–water partition coefficient (Wildman–Crippen LogP) is 5.31. The summed E-state index contributed by atoms with van der Waals surface area (Å²) in [6.45, 7) is 2.46. The Kier molecular flexibility index (Phi) is 10.8. The van der Waals surface area contributed by atoms with Crippen LogP contribution in [-0.2, 0) is 22.7 Å². The second kappa shape index (κ2) is 15.3. The fourth-order valence-electron chi connectivity index (χ4n) is 5.21. The Morgan fingerprint density at radius 3 is 1.82 bits per heavy atom. The molecule has 4 amide bonds. The lowest BCUT2D eigenvalue weighted by molar-refractivity contribution is -0.119. The van der Waals surface area contributed by atoms with Gasteiger partial charge < -0.3 is 31.5 Å². The third-order valence-corrected chi connectivity index (χ3v) is 7.97. The van der Waals surface area contributed by atoms with Gasteiger partial charge >= 0.3 is 6.03 Å². The molecule has 0 spiro atoms. The van der Waals surface area contributed by atoms with E-state index in [-0.39, 0.29) is 29.9 Å². The first-order valence-corrected chi connectivity index (χ1v) is 15.4. The van der Waals surface area contributed by atoms with Gasteiger partial charge in [0, 0.05) is 48.3 Å². The minimum absolute atomic E-state index is 0.0335. The molecule has 6 rings (SSSR count). The lowest BCUT2D eigenvalue weighted by Crippen LogP contribution is -2.37. The molecule has 0 aromatic heterocycles. The fraction of sp³-hybridized carbons (Fsp3) is 0.229. The van der Waals surface area contributed by atoms with E-state index in [1.165, 1.54) is 0 Å². The van der Waals surface area contributed by atoms with E-state index >= 15 is 0 Å². The zero-order chi connectivity index (χ0) is 31.6. The highest BCUT2D eigenvalue weighted by molar-refractivity contribution is 6.30. The average molecular weight is 625 g/mol. The van der Waals surface area contributed by atoms with E-state index in [1.807, 2.05) is 102 Å². The SMILES string of the molecule is NC1CCN(c2ccccc2)C1=O.O=C(NCc1ccc(Cl)cc1)Nc1ccc(CNC2CCN(c3ccccc3)C2=O)cc1. The van der Waals surface area contributed by atoms with Gasteiger partial charge in [0.2, 0.25) is 11.8 Å². The predicted molar refractivity (Wildman–Crippen MR) is 179 cm³/mol. The van der Waals surface area contributed by atoms with Gasteiger partial charge in [-0.3, -0.25) is 9.59 Å². The highest BCUT2D eigenvalue weighted by Gasteiger charge is 2.32. The number of nitrogens with one attached hydrogen (secondary N) is 3. The Hall–Kier alpha value is -4.70. The van der Waals surface area contributed by atoms with E-state index in [4.69, 9.17) is 17.3 Å². The summed E-state index contributed by atoms with van der Waals surface area (Å²) < 4.78 is 0. The minimum Gasteiger partial charge on any atom is -0.334 e. The van der Waals surface area contributed by atoms with Crippen LogP contribution >= 0.6 is 11.6 Å². The Bertz CT molecular complexity index is 1570. The highest BCUT2D eigenvalue weighted by atomic mass is 35.5. The van der Waals surface area contributed by atoms with Crippen molar-refractivity contribution in [3.05, 3.63) is 125 Å². The maximum atomic E-state index is 12.7. The van der Waals surface area contributed by atoms with Crippen molar-refractivity contribution >= 4 is 46.5 Å². The van der Waals surface area contributed by atoms with Gasteiger partial charge in [-0.1, -0.05) is 72.3 Å². The first kappa shape index (κ1) is 31.7. The molecule has 0 saturated carbocycles. The molecule has 5 N–H and O–H groups in total. The number of nitrogens with two attached hydrogens (primary N) is 1. The molecule has 2 aliphatic rings. The monoisotopic (exact) mass is 624 g/mol. The number of carbonyl (C=O) groups is 3. The van der Waals surface area contributed by atoms with Crippen LogP contribution in [0.15, 0.2) is 109 Å². The third-order valence-electron chi connectivity index (χ3n) is 7.72. The summed E-state index contributed by atoms with van der Waals surface area (Å²) in [6.07, 6.45) is 1.54. The minimum atomic E-state index is -0.305. The number of nitrogens with zero attached hydrogens (tertiary/aromatic N) is 2. The average Bonchev–Trinajstić information content (AvgIpc) is 3.61. The number of hydrogen-bond acceptors (Lipinski definition) is 5. The fourth-order valence-corrected chi connectivity index (χ4v) is 5.33. The highest BCUT2D eigenvalue weighted by Crippen LogP contribution is 2.22. The van der Waals surface area contributed by atoms with Crippen molar-refractivity contribution < 1.29 is 14.4 Å². The zero-order valence-corrected chi connectivity index (χ0v) is 25.6. The van der Waals surface area contributed by atoms with E-state index in [0.717, 1.165) is 41.9 Å². The third kappa shape index (κ3) is 8.69. The maximum absolute atomic E-state index is 12.7. The van der Waals surface area contributed by atoms with E-state index in [2.05, 4.69) is 16.0 Å². The molecule has 2 atom stereocenters. The first-order chi connectivity index (χ1) is 21.9. The molecule has 2 aliphatic heterocycles. The number of halogens is 1. The summed E-state index contributed by atoms with van der Waals surface area (Å²) in [7, 11) is 0. The van der Waals surface area contributed by atoms with Crippen LogP contribution in [0.5, 0.6) is 0 Å². The Morgan fingerprint density at radius 1 is 0.711 bits per heavy atom. The molecule has 2 fully saturated rings. The van der Waals surface area contributed by atoms with Gasteiger partial charge in [-0.15, -0.1) is 0 Å². The number of hydrogen-bond donors (Lipinski definition) is 4. The Morgan fingerprint density at radius 2 is 1.24 bits per heavy atom. The van der Waals surface area contributed by atoms with Crippen molar-refractivity contribution in [2.45, 2.75) is 38.0 Å². The molecule has 45 heavy (non-hydrogen) atoms. The number of para-hydroxylation sites is 2. The summed E-state index contributed by atoms with van der Waals surface area (Å²) in [4.78, 5) is 39.9. The van der Waals surface area contributed by atoms with Crippen LogP contribution in [0.3, 0.4) is 0 Å². The standard InChI is InChI=1S/C25H25ClN4O2.C10H12N2O/c26-20-10-6-18(7-11-20)17-28-25(32)29-21-12-8-19(9-13-21)16-27-23-14-15-30(24(23)31)22-4-2-1-3-5-22;11-9-6-7-12(10(9)13)8-4-2-1-3-5-8/h1-13,23,27H,14-17H2,(H2,28,29,32);1-5,9H,6-7,11H2. The molecule has 2 heterocycles. The largest absolute Gasteiger partial charge is 0.334 e. The van der Waals surface area contributed by atoms with Gasteiger partial charge in [-0.05, 0) is 72.5 Å². The van der Waals surface area contributed by atoms with E-state index in [1.54, 1.807) is 17.0 Å². The van der Waals surface area contributed by atoms with Gasteiger partial charge in [0.25, 0.3) is 0 Å². The van der Waals surface area contributed by atoms with Crippen LogP contribution < -0.4 is 31.5 Å². The lowest BCUT2D eigenvalue weighted by Gasteiger charge is -2.17. The summed E-state index contributed by atoms with van der Waals surface area (Å²) in [5.74, 6) is 0.137. The Balaban J connectivity index is 0.000000256. The van der Waals surface area contributed by atoms with Crippen LogP contribution in [-0.4, -0.2) is 43.0 Å². The lowest BCUT2D eigenvalue weighted by atomic mass is 10.2. The number of benzene rings is 4. The number of carbonyl (C=O) groups excluding carboxylic acids is 3. The number of amides is 4. The van der Waals surface area contributed by atoms with Gasteiger partial charge in [0.15, 0.2) is 0 Å². The molecular formula is C35H37ClN6O3. The zero-order valence-electron chi connectivity index (χ0n) is 24.9. The van der Waals surface area contributed by atoms with Gasteiger partial charge in [0.05, 0.1) is 12.1 Å². The summed E-state index contributed by atoms with van der Waals surface area (Å²) >= 11 is 5.87. The summed E-state index contributed by atoms with van der Waals surface area (Å²) in [5.41, 5.74) is 10.2. The van der Waals surface area contributed by atoms with Crippen molar-refractivity contribution in [3.8, 4) is 0 Å². The van der Waals surface area contributed by atoms with Crippen LogP contribution in [0.25, 0.3) is 0 Å². The molecule has 2 saturated heterocycles. The van der Waals surface area contributed by atoms with E-state index < -0.39 is 0 Å². The van der Waals surface area contributed by atoms with E-state index in [9.17, 15) is 14.4 Å². The topological polar surface area (TPSA) is 120 Å². The molecule has 4 aromatic carbocycles.